The van der Waals surface area contributed by atoms with Crippen LogP contribution in [0.5, 0.6) is 5.75 Å². The number of aromatic amines is 1. The van der Waals surface area contributed by atoms with E-state index < -0.39 is 0 Å². The number of fused-ring (bicyclic) bond motifs is 4. The van der Waals surface area contributed by atoms with Gasteiger partial charge >= 0.3 is 10.1 Å². The Morgan fingerprint density at radius 3 is 2.52 bits per heavy atom. The largest absolute Gasteiger partial charge is 2.00 e. The van der Waals surface area contributed by atoms with E-state index in [-0.39, 0.29) is 27.1 Å². The maximum absolute atomic E-state index is 13.5. The van der Waals surface area contributed by atoms with Gasteiger partial charge in [-0.3, -0.25) is 0 Å². The molecule has 2 nitrogen and oxygen atoms in total. The van der Waals surface area contributed by atoms with Crippen molar-refractivity contribution in [1.29, 1.82) is 0 Å². The smallest absolute Gasteiger partial charge is 0.872 e. The third-order valence-electron chi connectivity index (χ3n) is 5.32. The molecule has 5 rings (SSSR count). The summed E-state index contributed by atoms with van der Waals surface area (Å²) in [6.07, 6.45) is 0. The Morgan fingerprint density at radius 1 is 0.963 bits per heavy atom. The molecule has 0 saturated carbocycles. The van der Waals surface area contributed by atoms with Gasteiger partial charge in [0.15, 0.2) is 0 Å². The van der Waals surface area contributed by atoms with Crippen molar-refractivity contribution in [3.05, 3.63) is 71.5 Å². The van der Waals surface area contributed by atoms with E-state index in [4.69, 9.17) is 0 Å². The van der Waals surface area contributed by atoms with Crippen LogP contribution in [0.3, 0.4) is 0 Å². The second kappa shape index (κ2) is 5.98. The molecule has 1 heterocycles. The maximum Gasteiger partial charge on any atom is 2.00 e. The zero-order valence-electron chi connectivity index (χ0n) is 15.1. The normalized spacial score (nSPS) is 13.9. The number of benzene rings is 3. The Hall–Kier alpha value is -2.55. The fourth-order valence-electron chi connectivity index (χ4n) is 4.07. The standard InChI is InChI=1S/C22H16FNOS.Be/c1-22(2)16-6-4-3-5-13(16)14-8-9-15(20(25)19(14)22)21-24-17-10-7-12(23)11-18(17)26-21;/h3-11,25H,1-2H3;/q;+2. The van der Waals surface area contributed by atoms with E-state index in [1.54, 1.807) is 6.07 Å². The number of aromatic nitrogens is 1. The van der Waals surface area contributed by atoms with E-state index in [2.05, 4.69) is 31.0 Å². The van der Waals surface area contributed by atoms with Crippen molar-refractivity contribution >= 4 is 31.7 Å². The third kappa shape index (κ3) is 2.44. The average molecular weight is 370 g/mol. The van der Waals surface area contributed by atoms with Crippen LogP contribution < -0.4 is 10.1 Å². The number of H-pyrrole nitrogens is 1. The van der Waals surface area contributed by atoms with Gasteiger partial charge in [-0.2, -0.15) is 4.98 Å². The van der Waals surface area contributed by atoms with Crippen LogP contribution in [0, 0.1) is 5.82 Å². The molecule has 4 aromatic rings. The first kappa shape index (κ1) is 17.8. The quantitative estimate of drug-likeness (QED) is 0.454. The van der Waals surface area contributed by atoms with Crippen molar-refractivity contribution in [1.82, 2.24) is 0 Å². The molecule has 0 saturated heterocycles. The van der Waals surface area contributed by atoms with Crippen LogP contribution in [0.4, 0.5) is 4.39 Å². The fraction of sp³-hybridized carbons (Fsp3) is 0.136. The minimum atomic E-state index is -0.332. The van der Waals surface area contributed by atoms with Gasteiger partial charge in [0, 0.05) is 11.5 Å². The summed E-state index contributed by atoms with van der Waals surface area (Å²) in [5, 5.41) is 14.2. The van der Waals surface area contributed by atoms with Gasteiger partial charge in [0.2, 0.25) is 5.52 Å². The maximum atomic E-state index is 13.5. The van der Waals surface area contributed by atoms with E-state index in [0.29, 0.717) is 5.56 Å². The number of thiazole rings is 1. The van der Waals surface area contributed by atoms with Gasteiger partial charge in [-0.15, -0.1) is 0 Å². The summed E-state index contributed by atoms with van der Waals surface area (Å²) in [6.45, 7) is 4.21. The Bertz CT molecular complexity index is 1200. The van der Waals surface area contributed by atoms with Gasteiger partial charge in [0.05, 0.1) is 5.56 Å². The molecule has 0 bridgehead atoms. The number of hydrogen-bond donors (Lipinski definition) is 0. The van der Waals surface area contributed by atoms with Crippen LogP contribution in [0.15, 0.2) is 54.6 Å². The first-order valence-corrected chi connectivity index (χ1v) is 9.34. The molecule has 3 aromatic carbocycles. The van der Waals surface area contributed by atoms with Gasteiger partial charge in [-0.1, -0.05) is 61.3 Å². The molecule has 0 unspecified atom stereocenters. The van der Waals surface area contributed by atoms with Crippen molar-refractivity contribution in [2.75, 3.05) is 0 Å². The summed E-state index contributed by atoms with van der Waals surface area (Å²) >= 11 is 1.41. The van der Waals surface area contributed by atoms with E-state index in [9.17, 15) is 9.50 Å². The monoisotopic (exact) mass is 370 g/mol. The van der Waals surface area contributed by atoms with E-state index in [1.165, 1.54) is 29.0 Å². The molecular weight excluding hydrogens is 354 g/mol. The van der Waals surface area contributed by atoms with Crippen molar-refractivity contribution in [3.63, 3.8) is 0 Å². The minimum Gasteiger partial charge on any atom is -0.872 e. The second-order valence-electron chi connectivity index (χ2n) is 7.23. The molecule has 5 heteroatoms. The fourth-order valence-corrected chi connectivity index (χ4v) is 5.12. The Kier molecular flexibility index (Phi) is 3.95. The molecule has 128 valence electrons. The van der Waals surface area contributed by atoms with Gasteiger partial charge in [0.1, 0.15) is 10.5 Å². The summed E-state index contributed by atoms with van der Waals surface area (Å²) in [5.41, 5.74) is 5.34. The summed E-state index contributed by atoms with van der Waals surface area (Å²) < 4.78 is 14.3. The molecule has 1 N–H and O–H groups in total. The topological polar surface area (TPSA) is 37.2 Å². The van der Waals surface area contributed by atoms with Crippen molar-refractivity contribution in [2.24, 2.45) is 0 Å². The van der Waals surface area contributed by atoms with Crippen molar-refractivity contribution in [3.8, 4) is 27.4 Å². The third-order valence-corrected chi connectivity index (χ3v) is 6.41. The van der Waals surface area contributed by atoms with Crippen LogP contribution in [0.1, 0.15) is 25.0 Å². The molecule has 1 aliphatic rings. The second-order valence-corrected chi connectivity index (χ2v) is 8.28. The van der Waals surface area contributed by atoms with Gasteiger partial charge in [-0.25, -0.2) is 4.39 Å². The summed E-state index contributed by atoms with van der Waals surface area (Å²) in [5.74, 6) is -0.223. The molecule has 1 aromatic heterocycles. The molecule has 0 amide bonds. The summed E-state index contributed by atoms with van der Waals surface area (Å²) in [6, 6.07) is 16.8. The predicted octanol–water partition coefficient (Wildman–Crippen LogP) is 4.52. The first-order chi connectivity index (χ1) is 12.5. The minimum absolute atomic E-state index is 0. The zero-order valence-corrected chi connectivity index (χ0v) is 15.9. The molecule has 0 fully saturated rings. The first-order valence-electron chi connectivity index (χ1n) is 8.53. The van der Waals surface area contributed by atoms with Crippen molar-refractivity contribution in [2.45, 2.75) is 19.3 Å². The predicted molar refractivity (Wildman–Crippen MR) is 107 cm³/mol. The zero-order chi connectivity index (χ0) is 18.1. The van der Waals surface area contributed by atoms with Crippen LogP contribution in [0.2, 0.25) is 0 Å². The number of rotatable bonds is 1. The van der Waals surface area contributed by atoms with Gasteiger partial charge in [0.25, 0.3) is 5.01 Å². The summed E-state index contributed by atoms with van der Waals surface area (Å²) in [4.78, 5) is 3.27. The van der Waals surface area contributed by atoms with Crippen molar-refractivity contribution < 1.29 is 14.5 Å². The van der Waals surface area contributed by atoms with Crippen LogP contribution in [0.25, 0.3) is 31.9 Å². The average Bonchev–Trinajstić information content (AvgIpc) is 3.13. The van der Waals surface area contributed by atoms with Gasteiger partial charge in [-0.05, 0) is 40.5 Å². The molecule has 0 atom stereocenters. The Labute approximate surface area is 164 Å². The molecule has 1 aliphatic carbocycles. The molecule has 0 radical (unpaired) electrons. The molecular formula is C22H16BeFNOS+2. The number of nitrogens with one attached hydrogen (secondary N) is 1. The molecule has 27 heavy (non-hydrogen) atoms. The Morgan fingerprint density at radius 2 is 1.70 bits per heavy atom. The van der Waals surface area contributed by atoms with E-state index >= 15 is 0 Å². The Balaban J connectivity index is 0.00000180. The van der Waals surface area contributed by atoms with Gasteiger partial charge < -0.3 is 5.11 Å². The molecule has 0 spiro atoms. The van der Waals surface area contributed by atoms with E-state index in [1.807, 2.05) is 24.3 Å². The van der Waals surface area contributed by atoms with Crippen LogP contribution >= 0.6 is 11.3 Å². The SMILES string of the molecule is CC1(C)c2ccccc2-c2ccc(-c3[nH+]c4ccc(F)cc4s3)c([O-])c21.[Be+2]. The molecule has 0 aliphatic heterocycles. The van der Waals surface area contributed by atoms with Crippen LogP contribution in [-0.2, 0) is 5.41 Å². The number of halogens is 1. The summed E-state index contributed by atoms with van der Waals surface area (Å²) in [7, 11) is 0. The van der Waals surface area contributed by atoms with Crippen LogP contribution in [-0.4, -0.2) is 10.1 Å². The number of hydrogen-bond acceptors (Lipinski definition) is 2. The van der Waals surface area contributed by atoms with E-state index in [0.717, 1.165) is 31.9 Å².